The van der Waals surface area contributed by atoms with Gasteiger partial charge in [0.05, 0.1) is 5.69 Å². The fraction of sp³-hybridized carbons (Fsp3) is 0.250. The molecule has 0 atom stereocenters. The van der Waals surface area contributed by atoms with E-state index in [-0.39, 0.29) is 5.91 Å². The normalized spacial score (nSPS) is 10.5. The van der Waals surface area contributed by atoms with Crippen molar-refractivity contribution in [3.8, 4) is 0 Å². The van der Waals surface area contributed by atoms with E-state index in [2.05, 4.69) is 14.9 Å². The van der Waals surface area contributed by atoms with Gasteiger partial charge in [-0.25, -0.2) is 0 Å². The SMILES string of the molecule is CCc1nnsc1C(=O)NCc1ccc(Cl)cc1Cl. The highest BCUT2D eigenvalue weighted by atomic mass is 35.5. The Morgan fingerprint density at radius 2 is 2.21 bits per heavy atom. The number of hydrogen-bond acceptors (Lipinski definition) is 4. The smallest absolute Gasteiger partial charge is 0.265 e. The molecule has 100 valence electrons. The number of halogens is 2. The lowest BCUT2D eigenvalue weighted by atomic mass is 10.2. The lowest BCUT2D eigenvalue weighted by molar-refractivity contribution is 0.0954. The van der Waals surface area contributed by atoms with Crippen LogP contribution in [0.1, 0.15) is 27.9 Å². The van der Waals surface area contributed by atoms with Gasteiger partial charge in [0.2, 0.25) is 0 Å². The molecule has 19 heavy (non-hydrogen) atoms. The molecular formula is C12H11Cl2N3OS. The minimum absolute atomic E-state index is 0.183. The maximum atomic E-state index is 12.0. The summed E-state index contributed by atoms with van der Waals surface area (Å²) in [5.41, 5.74) is 1.53. The molecule has 1 heterocycles. The molecule has 1 amide bonds. The Labute approximate surface area is 124 Å². The van der Waals surface area contributed by atoms with E-state index < -0.39 is 0 Å². The van der Waals surface area contributed by atoms with E-state index in [1.807, 2.05) is 6.92 Å². The Morgan fingerprint density at radius 1 is 1.42 bits per heavy atom. The number of carbonyl (C=O) groups is 1. The number of amides is 1. The molecule has 0 saturated heterocycles. The highest BCUT2D eigenvalue weighted by Crippen LogP contribution is 2.21. The molecule has 0 radical (unpaired) electrons. The van der Waals surface area contributed by atoms with E-state index >= 15 is 0 Å². The summed E-state index contributed by atoms with van der Waals surface area (Å²) in [6.45, 7) is 2.28. The minimum atomic E-state index is -0.183. The van der Waals surface area contributed by atoms with Gasteiger partial charge in [-0.2, -0.15) is 0 Å². The summed E-state index contributed by atoms with van der Waals surface area (Å²) < 4.78 is 3.79. The van der Waals surface area contributed by atoms with Crippen molar-refractivity contribution in [1.82, 2.24) is 14.9 Å². The second-order valence-corrected chi connectivity index (χ2v) is 5.42. The second kappa shape index (κ2) is 6.32. The average Bonchev–Trinajstić information content (AvgIpc) is 2.85. The van der Waals surface area contributed by atoms with Crippen molar-refractivity contribution in [3.63, 3.8) is 0 Å². The van der Waals surface area contributed by atoms with Crippen LogP contribution in [0, 0.1) is 0 Å². The Hall–Kier alpha value is -1.17. The number of nitrogens with zero attached hydrogens (tertiary/aromatic N) is 2. The topological polar surface area (TPSA) is 54.9 Å². The fourth-order valence-corrected chi connectivity index (χ4v) is 2.68. The predicted molar refractivity (Wildman–Crippen MR) is 76.9 cm³/mol. The van der Waals surface area contributed by atoms with Crippen LogP contribution in [-0.4, -0.2) is 15.5 Å². The molecule has 2 rings (SSSR count). The summed E-state index contributed by atoms with van der Waals surface area (Å²) in [7, 11) is 0. The lowest BCUT2D eigenvalue weighted by Crippen LogP contribution is -2.23. The molecule has 0 saturated carbocycles. The number of aromatic nitrogens is 2. The third-order valence-electron chi connectivity index (χ3n) is 2.55. The van der Waals surface area contributed by atoms with Crippen LogP contribution in [0.4, 0.5) is 0 Å². The van der Waals surface area contributed by atoms with Gasteiger partial charge in [-0.15, -0.1) is 5.10 Å². The first-order chi connectivity index (χ1) is 9.11. The van der Waals surface area contributed by atoms with Crippen LogP contribution in [-0.2, 0) is 13.0 Å². The molecule has 1 aromatic carbocycles. The van der Waals surface area contributed by atoms with Crippen molar-refractivity contribution in [3.05, 3.63) is 44.4 Å². The third-order valence-corrected chi connectivity index (χ3v) is 3.91. The Balaban J connectivity index is 2.04. The standard InChI is InChI=1S/C12H11Cl2N3OS/c1-2-10-11(19-17-16-10)12(18)15-6-7-3-4-8(13)5-9(7)14/h3-5H,2,6H2,1H3,(H,15,18). The van der Waals surface area contributed by atoms with Gasteiger partial charge < -0.3 is 5.32 Å². The zero-order valence-electron chi connectivity index (χ0n) is 10.1. The molecule has 0 aliphatic heterocycles. The summed E-state index contributed by atoms with van der Waals surface area (Å²) in [5.74, 6) is -0.183. The molecular weight excluding hydrogens is 305 g/mol. The van der Waals surface area contributed by atoms with Crippen molar-refractivity contribution in [2.45, 2.75) is 19.9 Å². The molecule has 1 N–H and O–H groups in total. The summed E-state index contributed by atoms with van der Waals surface area (Å²) >= 11 is 12.9. The minimum Gasteiger partial charge on any atom is -0.347 e. The van der Waals surface area contributed by atoms with Gasteiger partial charge in [-0.05, 0) is 35.6 Å². The zero-order valence-corrected chi connectivity index (χ0v) is 12.4. The van der Waals surface area contributed by atoms with Crippen molar-refractivity contribution in [2.24, 2.45) is 0 Å². The van der Waals surface area contributed by atoms with E-state index in [9.17, 15) is 4.79 Å². The Morgan fingerprint density at radius 3 is 2.89 bits per heavy atom. The van der Waals surface area contributed by atoms with E-state index in [4.69, 9.17) is 23.2 Å². The van der Waals surface area contributed by atoms with Gasteiger partial charge in [-0.3, -0.25) is 4.79 Å². The maximum Gasteiger partial charge on any atom is 0.265 e. The molecule has 0 bridgehead atoms. The Kier molecular flexibility index (Phi) is 4.74. The number of benzene rings is 1. The van der Waals surface area contributed by atoms with Gasteiger partial charge in [0.25, 0.3) is 5.91 Å². The van der Waals surface area contributed by atoms with Gasteiger partial charge >= 0.3 is 0 Å². The molecule has 0 aliphatic carbocycles. The summed E-state index contributed by atoms with van der Waals surface area (Å²) in [5, 5.41) is 7.81. The molecule has 4 nitrogen and oxygen atoms in total. The van der Waals surface area contributed by atoms with Crippen molar-refractivity contribution < 1.29 is 4.79 Å². The van der Waals surface area contributed by atoms with Crippen LogP contribution < -0.4 is 5.32 Å². The number of aryl methyl sites for hydroxylation is 1. The average molecular weight is 316 g/mol. The highest BCUT2D eigenvalue weighted by molar-refractivity contribution is 7.08. The fourth-order valence-electron chi connectivity index (χ4n) is 1.53. The molecule has 1 aromatic heterocycles. The van der Waals surface area contributed by atoms with E-state index in [1.165, 1.54) is 0 Å². The van der Waals surface area contributed by atoms with Gasteiger partial charge in [0.15, 0.2) is 0 Å². The van der Waals surface area contributed by atoms with Crippen LogP contribution >= 0.6 is 34.7 Å². The molecule has 2 aromatic rings. The number of rotatable bonds is 4. The van der Waals surface area contributed by atoms with Crippen LogP contribution in [0.5, 0.6) is 0 Å². The first-order valence-corrected chi connectivity index (χ1v) is 7.18. The van der Waals surface area contributed by atoms with Gasteiger partial charge in [-0.1, -0.05) is 40.7 Å². The molecule has 7 heteroatoms. The summed E-state index contributed by atoms with van der Waals surface area (Å²) in [4.78, 5) is 12.5. The molecule has 0 aliphatic rings. The third kappa shape index (κ3) is 3.43. The second-order valence-electron chi connectivity index (χ2n) is 3.82. The summed E-state index contributed by atoms with van der Waals surface area (Å²) in [6, 6.07) is 5.17. The monoisotopic (exact) mass is 315 g/mol. The van der Waals surface area contributed by atoms with Gasteiger partial charge in [0.1, 0.15) is 4.88 Å². The largest absolute Gasteiger partial charge is 0.347 e. The highest BCUT2D eigenvalue weighted by Gasteiger charge is 2.14. The first-order valence-electron chi connectivity index (χ1n) is 5.65. The van der Waals surface area contributed by atoms with E-state index in [0.29, 0.717) is 33.6 Å². The molecule has 0 unspecified atom stereocenters. The first kappa shape index (κ1) is 14.2. The zero-order chi connectivity index (χ0) is 13.8. The van der Waals surface area contributed by atoms with Crippen molar-refractivity contribution in [1.29, 1.82) is 0 Å². The molecule has 0 spiro atoms. The Bertz CT molecular complexity index is 600. The number of nitrogens with one attached hydrogen (secondary N) is 1. The van der Waals surface area contributed by atoms with Crippen LogP contribution in [0.25, 0.3) is 0 Å². The van der Waals surface area contributed by atoms with Gasteiger partial charge in [0, 0.05) is 16.6 Å². The molecule has 0 fully saturated rings. The van der Waals surface area contributed by atoms with Crippen LogP contribution in [0.15, 0.2) is 18.2 Å². The quantitative estimate of drug-likeness (QED) is 0.941. The predicted octanol–water partition coefficient (Wildman–Crippen LogP) is 3.34. The van der Waals surface area contributed by atoms with Crippen LogP contribution in [0.3, 0.4) is 0 Å². The maximum absolute atomic E-state index is 12.0. The number of hydrogen-bond donors (Lipinski definition) is 1. The van der Waals surface area contributed by atoms with E-state index in [1.54, 1.807) is 18.2 Å². The number of carbonyl (C=O) groups excluding carboxylic acids is 1. The van der Waals surface area contributed by atoms with Crippen molar-refractivity contribution >= 4 is 40.6 Å². The summed E-state index contributed by atoms with van der Waals surface area (Å²) in [6.07, 6.45) is 0.682. The van der Waals surface area contributed by atoms with E-state index in [0.717, 1.165) is 17.1 Å². The lowest BCUT2D eigenvalue weighted by Gasteiger charge is -2.06. The van der Waals surface area contributed by atoms with Crippen LogP contribution in [0.2, 0.25) is 10.0 Å². The van der Waals surface area contributed by atoms with Crippen molar-refractivity contribution in [2.75, 3.05) is 0 Å².